The van der Waals surface area contributed by atoms with Gasteiger partial charge in [0.2, 0.25) is 0 Å². The zero-order valence-corrected chi connectivity index (χ0v) is 10.8. The van der Waals surface area contributed by atoms with Crippen molar-refractivity contribution in [2.24, 2.45) is 0 Å². The van der Waals surface area contributed by atoms with Crippen LogP contribution in [0, 0.1) is 0 Å². The van der Waals surface area contributed by atoms with E-state index in [2.05, 4.69) is 35.1 Å². The Morgan fingerprint density at radius 2 is 2.21 bits per heavy atom. The van der Waals surface area contributed by atoms with E-state index in [0.717, 1.165) is 21.6 Å². The summed E-state index contributed by atoms with van der Waals surface area (Å²) >= 11 is 9.46. The highest BCUT2D eigenvalue weighted by molar-refractivity contribution is 9.10. The first-order chi connectivity index (χ1) is 6.63. The minimum atomic E-state index is 0.471. The molecule has 1 rings (SSSR count). The molecule has 1 unspecified atom stereocenters. The Labute approximate surface area is 99.0 Å². The molecule has 0 radical (unpaired) electrons. The van der Waals surface area contributed by atoms with Crippen LogP contribution in [0.4, 0.5) is 5.69 Å². The van der Waals surface area contributed by atoms with Crippen LogP contribution in [-0.4, -0.2) is 6.04 Å². The van der Waals surface area contributed by atoms with Crippen LogP contribution in [0.1, 0.15) is 26.7 Å². The largest absolute Gasteiger partial charge is 0.381 e. The molecule has 1 atom stereocenters. The van der Waals surface area contributed by atoms with Crippen LogP contribution in [0.25, 0.3) is 0 Å². The van der Waals surface area contributed by atoms with E-state index >= 15 is 0 Å². The molecule has 0 fully saturated rings. The van der Waals surface area contributed by atoms with Gasteiger partial charge in [0.05, 0.1) is 10.7 Å². The van der Waals surface area contributed by atoms with Crippen molar-refractivity contribution in [3.05, 3.63) is 27.7 Å². The second kappa shape index (κ2) is 5.62. The SMILES string of the molecule is CCCC(C)Nc1ccc(Br)cc1Cl. The number of benzene rings is 1. The average molecular weight is 277 g/mol. The Bertz CT molecular complexity index is 301. The number of anilines is 1. The van der Waals surface area contributed by atoms with Crippen LogP contribution >= 0.6 is 27.5 Å². The molecule has 0 bridgehead atoms. The molecule has 0 aliphatic rings. The topological polar surface area (TPSA) is 12.0 Å². The number of nitrogens with one attached hydrogen (secondary N) is 1. The van der Waals surface area contributed by atoms with Crippen LogP contribution in [0.2, 0.25) is 5.02 Å². The first-order valence-electron chi connectivity index (χ1n) is 4.85. The van der Waals surface area contributed by atoms with Crippen molar-refractivity contribution in [1.29, 1.82) is 0 Å². The van der Waals surface area contributed by atoms with E-state index in [4.69, 9.17) is 11.6 Å². The van der Waals surface area contributed by atoms with Crippen LogP contribution < -0.4 is 5.32 Å². The predicted octanol–water partition coefficient (Wildman–Crippen LogP) is 4.70. The van der Waals surface area contributed by atoms with Gasteiger partial charge in [0.1, 0.15) is 0 Å². The van der Waals surface area contributed by atoms with Gasteiger partial charge in [-0.3, -0.25) is 0 Å². The van der Waals surface area contributed by atoms with Crippen molar-refractivity contribution in [2.75, 3.05) is 5.32 Å². The van der Waals surface area contributed by atoms with Gasteiger partial charge in [0, 0.05) is 10.5 Å². The van der Waals surface area contributed by atoms with Crippen molar-refractivity contribution >= 4 is 33.2 Å². The minimum absolute atomic E-state index is 0.471. The maximum atomic E-state index is 6.08. The standard InChI is InChI=1S/C11H15BrClN/c1-3-4-8(2)14-11-6-5-9(12)7-10(11)13/h5-8,14H,3-4H2,1-2H3. The molecule has 1 nitrogen and oxygen atoms in total. The molecule has 0 heterocycles. The van der Waals surface area contributed by atoms with E-state index in [0.29, 0.717) is 6.04 Å². The van der Waals surface area contributed by atoms with E-state index in [1.165, 1.54) is 6.42 Å². The molecule has 0 aromatic heterocycles. The van der Waals surface area contributed by atoms with Gasteiger partial charge in [0.25, 0.3) is 0 Å². The summed E-state index contributed by atoms with van der Waals surface area (Å²) in [6.45, 7) is 4.35. The monoisotopic (exact) mass is 275 g/mol. The number of halogens is 2. The quantitative estimate of drug-likeness (QED) is 0.840. The average Bonchev–Trinajstić information content (AvgIpc) is 2.10. The lowest BCUT2D eigenvalue weighted by Crippen LogP contribution is -2.14. The van der Waals surface area contributed by atoms with Gasteiger partial charge in [-0.25, -0.2) is 0 Å². The van der Waals surface area contributed by atoms with Crippen LogP contribution in [0.15, 0.2) is 22.7 Å². The van der Waals surface area contributed by atoms with Gasteiger partial charge >= 0.3 is 0 Å². The van der Waals surface area contributed by atoms with E-state index in [9.17, 15) is 0 Å². The van der Waals surface area contributed by atoms with Gasteiger partial charge in [-0.05, 0) is 31.5 Å². The Balaban J connectivity index is 2.67. The molecule has 1 N–H and O–H groups in total. The normalized spacial score (nSPS) is 12.6. The van der Waals surface area contributed by atoms with Gasteiger partial charge in [-0.15, -0.1) is 0 Å². The maximum Gasteiger partial charge on any atom is 0.0648 e. The summed E-state index contributed by atoms with van der Waals surface area (Å²) in [5.41, 5.74) is 1.01. The fourth-order valence-electron chi connectivity index (χ4n) is 1.38. The van der Waals surface area contributed by atoms with E-state index < -0.39 is 0 Å². The zero-order valence-electron chi connectivity index (χ0n) is 8.48. The molecule has 0 spiro atoms. The molecule has 0 amide bonds. The molecule has 3 heteroatoms. The lowest BCUT2D eigenvalue weighted by molar-refractivity contribution is 0.690. The van der Waals surface area contributed by atoms with E-state index in [-0.39, 0.29) is 0 Å². The molecule has 0 saturated heterocycles. The molecule has 0 saturated carbocycles. The Kier molecular flexibility index (Phi) is 4.76. The molecule has 78 valence electrons. The zero-order chi connectivity index (χ0) is 10.6. The Morgan fingerprint density at radius 1 is 1.50 bits per heavy atom. The van der Waals surface area contributed by atoms with Crippen molar-refractivity contribution in [3.63, 3.8) is 0 Å². The van der Waals surface area contributed by atoms with Gasteiger partial charge < -0.3 is 5.32 Å². The van der Waals surface area contributed by atoms with Gasteiger partial charge in [-0.1, -0.05) is 40.9 Å². The Morgan fingerprint density at radius 3 is 2.79 bits per heavy atom. The summed E-state index contributed by atoms with van der Waals surface area (Å²) in [5, 5.41) is 4.15. The van der Waals surface area contributed by atoms with E-state index in [1.54, 1.807) is 0 Å². The predicted molar refractivity (Wildman–Crippen MR) is 67.1 cm³/mol. The maximum absolute atomic E-state index is 6.08. The molecule has 1 aromatic carbocycles. The molecule has 0 aliphatic heterocycles. The third-order valence-electron chi connectivity index (χ3n) is 2.05. The summed E-state index contributed by atoms with van der Waals surface area (Å²) in [7, 11) is 0. The molecular weight excluding hydrogens is 261 g/mol. The molecule has 1 aromatic rings. The second-order valence-corrected chi connectivity index (χ2v) is 4.78. The molecule has 0 aliphatic carbocycles. The highest BCUT2D eigenvalue weighted by Gasteiger charge is 2.04. The van der Waals surface area contributed by atoms with Crippen molar-refractivity contribution in [3.8, 4) is 0 Å². The minimum Gasteiger partial charge on any atom is -0.381 e. The number of hydrogen-bond acceptors (Lipinski definition) is 1. The third-order valence-corrected chi connectivity index (χ3v) is 2.86. The third kappa shape index (κ3) is 3.50. The van der Waals surface area contributed by atoms with Crippen LogP contribution in [0.3, 0.4) is 0 Å². The number of hydrogen-bond donors (Lipinski definition) is 1. The first-order valence-corrected chi connectivity index (χ1v) is 6.02. The van der Waals surface area contributed by atoms with Gasteiger partial charge in [0.15, 0.2) is 0 Å². The summed E-state index contributed by atoms with van der Waals surface area (Å²) in [6.07, 6.45) is 2.34. The Hall–Kier alpha value is -0.210. The summed E-state index contributed by atoms with van der Waals surface area (Å²) in [4.78, 5) is 0. The highest BCUT2D eigenvalue weighted by Crippen LogP contribution is 2.26. The fraction of sp³-hybridized carbons (Fsp3) is 0.455. The number of rotatable bonds is 4. The van der Waals surface area contributed by atoms with Gasteiger partial charge in [-0.2, -0.15) is 0 Å². The van der Waals surface area contributed by atoms with Crippen molar-refractivity contribution < 1.29 is 0 Å². The van der Waals surface area contributed by atoms with Crippen LogP contribution in [0.5, 0.6) is 0 Å². The highest BCUT2D eigenvalue weighted by atomic mass is 79.9. The van der Waals surface area contributed by atoms with Crippen molar-refractivity contribution in [2.45, 2.75) is 32.7 Å². The molecule has 14 heavy (non-hydrogen) atoms. The van der Waals surface area contributed by atoms with E-state index in [1.807, 2.05) is 18.2 Å². The smallest absolute Gasteiger partial charge is 0.0648 e. The summed E-state index contributed by atoms with van der Waals surface area (Å²) < 4.78 is 1.01. The van der Waals surface area contributed by atoms with Crippen molar-refractivity contribution in [1.82, 2.24) is 0 Å². The summed E-state index contributed by atoms with van der Waals surface area (Å²) in [5.74, 6) is 0. The summed E-state index contributed by atoms with van der Waals surface area (Å²) in [6, 6.07) is 6.37. The van der Waals surface area contributed by atoms with Crippen LogP contribution in [-0.2, 0) is 0 Å². The fourth-order valence-corrected chi connectivity index (χ4v) is 2.11. The lowest BCUT2D eigenvalue weighted by Gasteiger charge is -2.15. The second-order valence-electron chi connectivity index (χ2n) is 3.46. The lowest BCUT2D eigenvalue weighted by atomic mass is 10.2. The molecular formula is C11H15BrClN. The first kappa shape index (κ1) is 11.9.